The summed E-state index contributed by atoms with van der Waals surface area (Å²) in [5.74, 6) is 0. The molecule has 0 saturated carbocycles. The molecule has 5 heteroatoms. The van der Waals surface area contributed by atoms with Crippen LogP contribution in [0, 0.1) is 6.92 Å². The SMILES string of the molecule is Cc1ccc(Cl)cc1NC(=O)Nc1ccc(N2CCCC2)cc1. The van der Waals surface area contributed by atoms with E-state index in [9.17, 15) is 4.79 Å². The van der Waals surface area contributed by atoms with Crippen molar-refractivity contribution >= 4 is 34.7 Å². The van der Waals surface area contributed by atoms with Gasteiger partial charge in [0.25, 0.3) is 0 Å². The number of nitrogens with one attached hydrogen (secondary N) is 2. The van der Waals surface area contributed by atoms with Crippen LogP contribution in [-0.2, 0) is 0 Å². The molecule has 1 aliphatic rings. The minimum absolute atomic E-state index is 0.274. The molecular formula is C18H20ClN3O. The number of carbonyl (C=O) groups excluding carboxylic acids is 1. The third-order valence-corrected chi connectivity index (χ3v) is 4.28. The molecule has 4 nitrogen and oxygen atoms in total. The number of hydrogen-bond donors (Lipinski definition) is 2. The maximum Gasteiger partial charge on any atom is 0.323 e. The molecule has 0 bridgehead atoms. The first-order chi connectivity index (χ1) is 11.1. The standard InChI is InChI=1S/C18H20ClN3O/c1-13-4-5-14(19)12-17(13)21-18(23)20-15-6-8-16(9-7-15)22-10-2-3-11-22/h4-9,12H,2-3,10-11H2,1H3,(H2,20,21,23). The van der Waals surface area contributed by atoms with Crippen molar-refractivity contribution in [3.63, 3.8) is 0 Å². The first-order valence-electron chi connectivity index (χ1n) is 7.81. The lowest BCUT2D eigenvalue weighted by Gasteiger charge is -2.18. The van der Waals surface area contributed by atoms with Gasteiger partial charge in [0.2, 0.25) is 0 Å². The zero-order valence-corrected chi connectivity index (χ0v) is 13.9. The molecule has 0 aromatic heterocycles. The van der Waals surface area contributed by atoms with Gasteiger partial charge >= 0.3 is 6.03 Å². The highest BCUT2D eigenvalue weighted by molar-refractivity contribution is 6.31. The maximum atomic E-state index is 12.1. The van der Waals surface area contributed by atoms with Crippen LogP contribution in [0.5, 0.6) is 0 Å². The van der Waals surface area contributed by atoms with Crippen LogP contribution in [0.2, 0.25) is 5.02 Å². The highest BCUT2D eigenvalue weighted by Gasteiger charge is 2.12. The van der Waals surface area contributed by atoms with E-state index < -0.39 is 0 Å². The fourth-order valence-corrected chi connectivity index (χ4v) is 2.92. The summed E-state index contributed by atoms with van der Waals surface area (Å²) in [6.07, 6.45) is 2.50. The van der Waals surface area contributed by atoms with E-state index >= 15 is 0 Å². The Morgan fingerprint density at radius 3 is 2.43 bits per heavy atom. The molecular weight excluding hydrogens is 310 g/mol. The average molecular weight is 330 g/mol. The summed E-state index contributed by atoms with van der Waals surface area (Å²) in [5, 5.41) is 6.27. The van der Waals surface area contributed by atoms with Gasteiger partial charge in [0, 0.05) is 35.2 Å². The van der Waals surface area contributed by atoms with Crippen molar-refractivity contribution in [1.82, 2.24) is 0 Å². The van der Waals surface area contributed by atoms with E-state index in [-0.39, 0.29) is 6.03 Å². The lowest BCUT2D eigenvalue weighted by atomic mass is 10.2. The second-order valence-corrected chi connectivity index (χ2v) is 6.22. The summed E-state index contributed by atoms with van der Waals surface area (Å²) in [5.41, 5.74) is 3.65. The molecule has 1 aliphatic heterocycles. The van der Waals surface area contributed by atoms with E-state index in [1.165, 1.54) is 18.5 Å². The van der Waals surface area contributed by atoms with E-state index in [2.05, 4.69) is 15.5 Å². The Morgan fingerprint density at radius 2 is 1.74 bits per heavy atom. The van der Waals surface area contributed by atoms with Gasteiger partial charge in [0.15, 0.2) is 0 Å². The van der Waals surface area contributed by atoms with Crippen LogP contribution >= 0.6 is 11.6 Å². The molecule has 1 saturated heterocycles. The molecule has 2 N–H and O–H groups in total. The summed E-state index contributed by atoms with van der Waals surface area (Å²) in [7, 11) is 0. The van der Waals surface area contributed by atoms with Gasteiger partial charge in [-0.2, -0.15) is 0 Å². The first-order valence-corrected chi connectivity index (χ1v) is 8.19. The summed E-state index contributed by atoms with van der Waals surface area (Å²) in [6.45, 7) is 4.15. The number of aryl methyl sites for hydroxylation is 1. The number of anilines is 3. The predicted octanol–water partition coefficient (Wildman–Crippen LogP) is 4.89. The van der Waals surface area contributed by atoms with Crippen molar-refractivity contribution in [2.75, 3.05) is 28.6 Å². The van der Waals surface area contributed by atoms with E-state index in [1.54, 1.807) is 12.1 Å². The van der Waals surface area contributed by atoms with Crippen LogP contribution < -0.4 is 15.5 Å². The molecule has 23 heavy (non-hydrogen) atoms. The first kappa shape index (κ1) is 15.7. The molecule has 0 atom stereocenters. The molecule has 1 fully saturated rings. The Labute approximate surface area is 141 Å². The van der Waals surface area contributed by atoms with Gasteiger partial charge in [0.1, 0.15) is 0 Å². The number of amides is 2. The molecule has 0 aliphatic carbocycles. The molecule has 2 amide bonds. The number of halogens is 1. The lowest BCUT2D eigenvalue weighted by Crippen LogP contribution is -2.20. The third-order valence-electron chi connectivity index (χ3n) is 4.04. The number of rotatable bonds is 3. The van der Waals surface area contributed by atoms with Crippen LogP contribution in [0.1, 0.15) is 18.4 Å². The molecule has 2 aromatic rings. The van der Waals surface area contributed by atoms with Crippen LogP contribution in [0.3, 0.4) is 0 Å². The summed E-state index contributed by atoms with van der Waals surface area (Å²) in [4.78, 5) is 14.5. The van der Waals surface area contributed by atoms with Crippen LogP contribution in [0.15, 0.2) is 42.5 Å². The van der Waals surface area contributed by atoms with Gasteiger partial charge in [-0.05, 0) is 61.7 Å². The number of carbonyl (C=O) groups is 1. The van der Waals surface area contributed by atoms with Crippen LogP contribution in [-0.4, -0.2) is 19.1 Å². The molecule has 0 radical (unpaired) electrons. The van der Waals surface area contributed by atoms with Gasteiger partial charge in [-0.1, -0.05) is 17.7 Å². The smallest absolute Gasteiger partial charge is 0.323 e. The van der Waals surface area contributed by atoms with Gasteiger partial charge < -0.3 is 15.5 Å². The van der Waals surface area contributed by atoms with Gasteiger partial charge in [0.05, 0.1) is 0 Å². The van der Waals surface area contributed by atoms with Crippen molar-refractivity contribution in [2.24, 2.45) is 0 Å². The Hall–Kier alpha value is -2.20. The summed E-state index contributed by atoms with van der Waals surface area (Å²) < 4.78 is 0. The average Bonchev–Trinajstić information content (AvgIpc) is 3.06. The number of urea groups is 1. The summed E-state index contributed by atoms with van der Waals surface area (Å²) in [6, 6.07) is 13.1. The highest BCUT2D eigenvalue weighted by Crippen LogP contribution is 2.23. The Balaban J connectivity index is 1.62. The van der Waals surface area contributed by atoms with Crippen molar-refractivity contribution < 1.29 is 4.79 Å². The normalized spacial score (nSPS) is 13.9. The number of nitrogens with zero attached hydrogens (tertiary/aromatic N) is 1. The molecule has 2 aromatic carbocycles. The fourth-order valence-electron chi connectivity index (χ4n) is 2.74. The van der Waals surface area contributed by atoms with Crippen molar-refractivity contribution in [3.8, 4) is 0 Å². The Bertz CT molecular complexity index is 694. The van der Waals surface area contributed by atoms with Crippen LogP contribution in [0.25, 0.3) is 0 Å². The zero-order chi connectivity index (χ0) is 16.2. The molecule has 0 spiro atoms. The second-order valence-electron chi connectivity index (χ2n) is 5.78. The lowest BCUT2D eigenvalue weighted by molar-refractivity contribution is 0.262. The van der Waals surface area contributed by atoms with Gasteiger partial charge in [-0.15, -0.1) is 0 Å². The molecule has 3 rings (SSSR count). The monoisotopic (exact) mass is 329 g/mol. The van der Waals surface area contributed by atoms with Gasteiger partial charge in [-0.25, -0.2) is 4.79 Å². The predicted molar refractivity (Wildman–Crippen MR) is 96.7 cm³/mol. The quantitative estimate of drug-likeness (QED) is 0.841. The molecule has 120 valence electrons. The summed E-state index contributed by atoms with van der Waals surface area (Å²) >= 11 is 5.96. The van der Waals surface area contributed by atoms with Crippen molar-refractivity contribution in [1.29, 1.82) is 0 Å². The largest absolute Gasteiger partial charge is 0.372 e. The Kier molecular flexibility index (Phi) is 4.72. The third kappa shape index (κ3) is 3.96. The topological polar surface area (TPSA) is 44.4 Å². The van der Waals surface area contributed by atoms with Crippen LogP contribution in [0.4, 0.5) is 21.9 Å². The van der Waals surface area contributed by atoms with Crippen molar-refractivity contribution in [3.05, 3.63) is 53.1 Å². The number of hydrogen-bond acceptors (Lipinski definition) is 2. The minimum Gasteiger partial charge on any atom is -0.372 e. The zero-order valence-electron chi connectivity index (χ0n) is 13.1. The molecule has 0 unspecified atom stereocenters. The number of benzene rings is 2. The maximum absolute atomic E-state index is 12.1. The molecule has 1 heterocycles. The van der Waals surface area contributed by atoms with Crippen molar-refractivity contribution in [2.45, 2.75) is 19.8 Å². The minimum atomic E-state index is -0.274. The van der Waals surface area contributed by atoms with E-state index in [0.29, 0.717) is 10.7 Å². The highest BCUT2D eigenvalue weighted by atomic mass is 35.5. The second kappa shape index (κ2) is 6.92. The van der Waals surface area contributed by atoms with E-state index in [0.717, 1.165) is 24.3 Å². The fraction of sp³-hybridized carbons (Fsp3) is 0.278. The Morgan fingerprint density at radius 1 is 1.04 bits per heavy atom. The van der Waals surface area contributed by atoms with E-state index in [1.807, 2.05) is 37.3 Å². The van der Waals surface area contributed by atoms with Gasteiger partial charge in [-0.3, -0.25) is 0 Å². The van der Waals surface area contributed by atoms with E-state index in [4.69, 9.17) is 11.6 Å².